The molecule has 264 valence electrons. The number of phenols is 1. The zero-order valence-electron chi connectivity index (χ0n) is 29.0. The summed E-state index contributed by atoms with van der Waals surface area (Å²) >= 11 is 0. The van der Waals surface area contributed by atoms with E-state index in [0.717, 1.165) is 30.5 Å². The molecule has 0 bridgehead atoms. The van der Waals surface area contributed by atoms with Gasteiger partial charge in [-0.1, -0.05) is 44.0 Å². The summed E-state index contributed by atoms with van der Waals surface area (Å²) in [6.45, 7) is 2.88. The summed E-state index contributed by atoms with van der Waals surface area (Å²) in [6.07, 6.45) is 12.2. The van der Waals surface area contributed by atoms with Crippen molar-refractivity contribution in [1.29, 1.82) is 0 Å². The number of carbonyl (C=O) groups excluding carboxylic acids is 1. The third-order valence-electron chi connectivity index (χ3n) is 12.2. The highest BCUT2D eigenvalue weighted by Gasteiger charge is 2.58. The SMILES string of the molecule is CCCC(O)CC(O)CC(=O)CCc1ccc(O)c(OCN2C=C3C(C45CCCC4C4CCCC6=C4c4c(cccc45)C(N)N6)=CN=C3C2)c1. The fraction of sp³-hybridized carbons (Fsp3) is 0.512. The number of carbonyl (C=O) groups is 1. The fourth-order valence-electron chi connectivity index (χ4n) is 10.1. The Morgan fingerprint density at radius 3 is 2.92 bits per heavy atom. The lowest BCUT2D eigenvalue weighted by Crippen LogP contribution is -2.47. The molecule has 2 aromatic carbocycles. The number of aliphatic hydroxyl groups is 2. The number of nitrogens with zero attached hydrogens (tertiary/aromatic N) is 2. The third-order valence-corrected chi connectivity index (χ3v) is 12.2. The first kappa shape index (κ1) is 33.2. The number of hydrogen-bond acceptors (Lipinski definition) is 9. The van der Waals surface area contributed by atoms with Crippen LogP contribution in [0.25, 0.3) is 5.57 Å². The molecular formula is C41H50N4O5. The van der Waals surface area contributed by atoms with E-state index in [1.54, 1.807) is 18.2 Å². The van der Waals surface area contributed by atoms with Crippen LogP contribution in [0, 0.1) is 11.8 Å². The summed E-state index contributed by atoms with van der Waals surface area (Å²) < 4.78 is 6.18. The second-order valence-electron chi connectivity index (χ2n) is 15.3. The second kappa shape index (κ2) is 13.3. The van der Waals surface area contributed by atoms with Crippen molar-refractivity contribution in [3.05, 3.63) is 87.9 Å². The zero-order valence-corrected chi connectivity index (χ0v) is 29.0. The molecule has 9 heteroatoms. The molecule has 50 heavy (non-hydrogen) atoms. The van der Waals surface area contributed by atoms with Crippen LogP contribution in [0.3, 0.4) is 0 Å². The van der Waals surface area contributed by atoms with Gasteiger partial charge in [0.25, 0.3) is 0 Å². The van der Waals surface area contributed by atoms with Gasteiger partial charge in [-0.05, 0) is 109 Å². The number of aryl methyl sites for hydroxylation is 1. The van der Waals surface area contributed by atoms with Crippen molar-refractivity contribution in [3.8, 4) is 11.5 Å². The molecule has 8 rings (SSSR count). The van der Waals surface area contributed by atoms with Gasteiger partial charge in [-0.25, -0.2) is 0 Å². The number of aliphatic imine (C=N–C) groups is 1. The fourth-order valence-corrected chi connectivity index (χ4v) is 10.1. The highest BCUT2D eigenvalue weighted by molar-refractivity contribution is 6.10. The number of nitrogens with two attached hydrogens (primary N) is 1. The number of rotatable bonds is 13. The van der Waals surface area contributed by atoms with Crippen molar-refractivity contribution < 1.29 is 24.9 Å². The molecule has 0 saturated heterocycles. The lowest BCUT2D eigenvalue weighted by molar-refractivity contribution is -0.121. The highest BCUT2D eigenvalue weighted by atomic mass is 16.5. The van der Waals surface area contributed by atoms with Gasteiger partial charge < -0.3 is 36.0 Å². The summed E-state index contributed by atoms with van der Waals surface area (Å²) in [5.41, 5.74) is 18.1. The number of benzene rings is 2. The van der Waals surface area contributed by atoms with E-state index in [4.69, 9.17) is 15.5 Å². The van der Waals surface area contributed by atoms with Gasteiger partial charge in [0.15, 0.2) is 18.2 Å². The van der Waals surface area contributed by atoms with Gasteiger partial charge >= 0.3 is 0 Å². The topological polar surface area (TPSA) is 141 Å². The Morgan fingerprint density at radius 2 is 2.06 bits per heavy atom. The number of nitrogens with one attached hydrogen (secondary N) is 1. The summed E-state index contributed by atoms with van der Waals surface area (Å²) in [5, 5.41) is 34.5. The molecule has 1 fully saturated rings. The minimum atomic E-state index is -0.836. The molecule has 6 unspecified atom stereocenters. The first-order valence-corrected chi connectivity index (χ1v) is 18.7. The van der Waals surface area contributed by atoms with E-state index in [9.17, 15) is 20.1 Å². The molecule has 1 saturated carbocycles. The van der Waals surface area contributed by atoms with E-state index >= 15 is 0 Å². The van der Waals surface area contributed by atoms with Gasteiger partial charge in [-0.3, -0.25) is 9.79 Å². The lowest BCUT2D eigenvalue weighted by atomic mass is 9.52. The van der Waals surface area contributed by atoms with Crippen LogP contribution in [0.2, 0.25) is 0 Å². The number of allylic oxidation sites excluding steroid dienone is 3. The third kappa shape index (κ3) is 5.67. The molecule has 3 aliphatic heterocycles. The number of aliphatic hydroxyl groups excluding tert-OH is 2. The van der Waals surface area contributed by atoms with Crippen LogP contribution in [0.5, 0.6) is 11.5 Å². The van der Waals surface area contributed by atoms with Crippen LogP contribution in [0.1, 0.15) is 106 Å². The Bertz CT molecular complexity index is 1810. The van der Waals surface area contributed by atoms with Crippen LogP contribution in [-0.2, 0) is 16.6 Å². The lowest BCUT2D eigenvalue weighted by Gasteiger charge is -2.52. The van der Waals surface area contributed by atoms with Crippen LogP contribution in [-0.4, -0.2) is 57.2 Å². The Hall–Kier alpha value is -3.92. The average molecular weight is 679 g/mol. The predicted molar refractivity (Wildman–Crippen MR) is 193 cm³/mol. The smallest absolute Gasteiger partial charge is 0.163 e. The number of ketones is 1. The van der Waals surface area contributed by atoms with Gasteiger partial charge in [0.05, 0.1) is 24.5 Å². The van der Waals surface area contributed by atoms with E-state index in [-0.39, 0.29) is 49.1 Å². The number of fused-ring (bicyclic) bond motifs is 4. The molecule has 0 aromatic heterocycles. The van der Waals surface area contributed by atoms with Crippen molar-refractivity contribution in [1.82, 2.24) is 10.2 Å². The van der Waals surface area contributed by atoms with E-state index in [2.05, 4.69) is 40.8 Å². The molecule has 6 N–H and O–H groups in total. The molecule has 3 aliphatic carbocycles. The van der Waals surface area contributed by atoms with Crippen molar-refractivity contribution in [3.63, 3.8) is 0 Å². The summed E-state index contributed by atoms with van der Waals surface area (Å²) in [6, 6.07) is 12.0. The van der Waals surface area contributed by atoms with Crippen molar-refractivity contribution in [2.45, 2.75) is 108 Å². The average Bonchev–Trinajstić information content (AvgIpc) is 3.82. The standard InChI is InChI=1S/C41H50N4O5/c1-2-6-25(46)18-27(48)19-26(47)14-12-24-13-15-36(49)37(17-24)50-23-45-21-30-33(20-43-35(30)22-45)41-16-5-10-31(41)28-7-4-11-34-39(28)38-29(40(42)44-34)8-3-9-32(38)41/h3,8-9,13,15,17,20-21,25,27-28,31,40,44,46,48-49H,2,4-7,10-12,14,16,18-19,22-23,42H2,1H3. The van der Waals surface area contributed by atoms with Crippen molar-refractivity contribution in [2.75, 3.05) is 13.3 Å². The maximum Gasteiger partial charge on any atom is 0.163 e. The zero-order chi connectivity index (χ0) is 34.6. The van der Waals surface area contributed by atoms with E-state index in [1.807, 2.05) is 6.92 Å². The molecule has 2 aromatic rings. The molecule has 0 amide bonds. The maximum atomic E-state index is 12.5. The maximum absolute atomic E-state index is 12.5. The number of Topliss-reactive ketones (excluding diaryl/α,β-unsaturated/α-hetero) is 1. The number of ether oxygens (including phenoxy) is 1. The Balaban J connectivity index is 0.972. The monoisotopic (exact) mass is 678 g/mol. The summed E-state index contributed by atoms with van der Waals surface area (Å²) in [5.74, 6) is 1.43. The van der Waals surface area contributed by atoms with Gasteiger partial charge in [0, 0.05) is 41.9 Å². The van der Waals surface area contributed by atoms with Crippen LogP contribution >= 0.6 is 0 Å². The van der Waals surface area contributed by atoms with Crippen LogP contribution in [0.4, 0.5) is 0 Å². The van der Waals surface area contributed by atoms with Gasteiger partial charge in [-0.15, -0.1) is 0 Å². The Kier molecular flexibility index (Phi) is 8.86. The Labute approximate surface area is 294 Å². The Morgan fingerprint density at radius 1 is 1.18 bits per heavy atom. The summed E-state index contributed by atoms with van der Waals surface area (Å²) in [7, 11) is 0. The minimum absolute atomic E-state index is 0.0330. The largest absolute Gasteiger partial charge is 0.504 e. The predicted octanol–water partition coefficient (Wildman–Crippen LogP) is 5.89. The van der Waals surface area contributed by atoms with E-state index in [0.29, 0.717) is 37.0 Å². The molecule has 0 radical (unpaired) electrons. The quantitative estimate of drug-likeness (QED) is 0.177. The molecular weight excluding hydrogens is 628 g/mol. The number of phenolic OH excluding ortho intramolecular Hbond substituents is 1. The molecule has 3 heterocycles. The van der Waals surface area contributed by atoms with Gasteiger partial charge in [0.1, 0.15) is 11.9 Å². The summed E-state index contributed by atoms with van der Waals surface area (Å²) in [4.78, 5) is 19.7. The normalized spacial score (nSPS) is 27.1. The van der Waals surface area contributed by atoms with Crippen molar-refractivity contribution >= 4 is 17.1 Å². The highest BCUT2D eigenvalue weighted by Crippen LogP contribution is 2.65. The number of hydrogen-bond donors (Lipinski definition) is 5. The van der Waals surface area contributed by atoms with Crippen LogP contribution < -0.4 is 15.8 Å². The molecule has 9 nitrogen and oxygen atoms in total. The first-order valence-electron chi connectivity index (χ1n) is 18.7. The minimum Gasteiger partial charge on any atom is -0.504 e. The molecule has 6 aliphatic rings. The second-order valence-corrected chi connectivity index (χ2v) is 15.3. The van der Waals surface area contributed by atoms with Gasteiger partial charge in [-0.2, -0.15) is 0 Å². The van der Waals surface area contributed by atoms with Crippen molar-refractivity contribution in [2.24, 2.45) is 22.6 Å². The molecule has 0 spiro atoms. The first-order chi connectivity index (χ1) is 24.3. The number of aromatic hydroxyl groups is 1. The van der Waals surface area contributed by atoms with E-state index in [1.165, 1.54) is 64.8 Å². The van der Waals surface area contributed by atoms with Gasteiger partial charge in [0.2, 0.25) is 0 Å². The molecule has 6 atom stereocenters. The van der Waals surface area contributed by atoms with Crippen LogP contribution in [0.15, 0.2) is 70.6 Å². The van der Waals surface area contributed by atoms with E-state index < -0.39 is 12.2 Å².